The number of hydrogen-bond donors (Lipinski definition) is 2. The van der Waals surface area contributed by atoms with Crippen LogP contribution in [-0.4, -0.2) is 65.9 Å². The summed E-state index contributed by atoms with van der Waals surface area (Å²) in [6.07, 6.45) is 0.730. The molecular weight excluding hydrogens is 570 g/mol. The Morgan fingerprint density at radius 3 is 2.44 bits per heavy atom. The molecule has 0 radical (unpaired) electrons. The van der Waals surface area contributed by atoms with Crippen LogP contribution in [0, 0.1) is 0 Å². The molecule has 2 atom stereocenters. The number of nitrogens with one attached hydrogen (secondary N) is 2. The minimum Gasteiger partial charge on any atom is -0.457 e. The summed E-state index contributed by atoms with van der Waals surface area (Å²) in [6.45, 7) is 5.91. The van der Waals surface area contributed by atoms with Crippen LogP contribution in [0.4, 0.5) is 26.7 Å². The molecule has 12 heteroatoms. The first-order valence-corrected chi connectivity index (χ1v) is 14.6. The molecule has 0 bridgehead atoms. The topological polar surface area (TPSA) is 122 Å². The maximum Gasteiger partial charge on any atom is 0.410 e. The third-order valence-corrected chi connectivity index (χ3v) is 8.16. The van der Waals surface area contributed by atoms with Crippen LogP contribution in [0.5, 0.6) is 11.5 Å². The van der Waals surface area contributed by atoms with Gasteiger partial charge in [-0.25, -0.2) is 14.6 Å². The van der Waals surface area contributed by atoms with Gasteiger partial charge in [0.15, 0.2) is 0 Å². The molecule has 11 nitrogen and oxygen atoms in total. The number of anilines is 3. The third kappa shape index (κ3) is 5.71. The monoisotopic (exact) mass is 601 g/mol. The number of pyridine rings is 1. The lowest BCUT2D eigenvalue weighted by Crippen LogP contribution is -2.44. The lowest BCUT2D eigenvalue weighted by molar-refractivity contribution is 0.0252. The van der Waals surface area contributed by atoms with Gasteiger partial charge in [-0.1, -0.05) is 18.2 Å². The zero-order valence-electron chi connectivity index (χ0n) is 24.1. The Bertz CT molecular complexity index is 1680. The van der Waals surface area contributed by atoms with Crippen molar-refractivity contribution in [3.05, 3.63) is 71.7 Å². The fraction of sp³-hybridized carbons (Fsp3) is 0.290. The van der Waals surface area contributed by atoms with Crippen molar-refractivity contribution in [2.24, 2.45) is 0 Å². The van der Waals surface area contributed by atoms with Gasteiger partial charge in [0.05, 0.1) is 41.1 Å². The van der Waals surface area contributed by atoms with Gasteiger partial charge in [0.1, 0.15) is 26.8 Å². The first kappa shape index (κ1) is 28.4. The van der Waals surface area contributed by atoms with Gasteiger partial charge in [-0.15, -0.1) is 11.3 Å². The van der Waals surface area contributed by atoms with Crippen LogP contribution in [0.1, 0.15) is 30.4 Å². The van der Waals surface area contributed by atoms with Crippen molar-refractivity contribution in [1.29, 1.82) is 0 Å². The number of rotatable bonds is 6. The molecule has 4 heterocycles. The molecule has 4 aromatic rings. The molecule has 2 aromatic heterocycles. The first-order chi connectivity index (χ1) is 20.6. The highest BCUT2D eigenvalue weighted by molar-refractivity contribution is 7.21. The number of para-hydroxylation sites is 1. The molecule has 0 aliphatic carbocycles. The van der Waals surface area contributed by atoms with Gasteiger partial charge < -0.3 is 29.7 Å². The van der Waals surface area contributed by atoms with Gasteiger partial charge in [0, 0.05) is 19.9 Å². The number of carbonyl (C=O) groups is 3. The molecule has 0 unspecified atom stereocenters. The molecule has 6 rings (SSSR count). The van der Waals surface area contributed by atoms with Crippen LogP contribution in [0.15, 0.2) is 66.9 Å². The van der Waals surface area contributed by atoms with E-state index < -0.39 is 35.8 Å². The van der Waals surface area contributed by atoms with Crippen LogP contribution in [0.2, 0.25) is 0 Å². The number of carbonyl (C=O) groups excluding carboxylic acids is 3. The van der Waals surface area contributed by atoms with Gasteiger partial charge in [-0.3, -0.25) is 9.69 Å². The summed E-state index contributed by atoms with van der Waals surface area (Å²) in [5.41, 5.74) is 1.00. The number of hydrogen-bond acceptors (Lipinski definition) is 8. The summed E-state index contributed by atoms with van der Waals surface area (Å²) in [4.78, 5) is 48.2. The average molecular weight is 602 g/mol. The van der Waals surface area contributed by atoms with E-state index in [4.69, 9.17) is 14.2 Å². The Morgan fingerprint density at radius 2 is 1.74 bits per heavy atom. The van der Waals surface area contributed by atoms with Crippen LogP contribution < -0.4 is 20.3 Å². The predicted octanol–water partition coefficient (Wildman–Crippen LogP) is 6.14. The normalized spacial score (nSPS) is 18.0. The van der Waals surface area contributed by atoms with Crippen molar-refractivity contribution in [2.75, 3.05) is 30.4 Å². The second-order valence-electron chi connectivity index (χ2n) is 11.2. The van der Waals surface area contributed by atoms with Gasteiger partial charge >= 0.3 is 12.1 Å². The molecule has 2 aromatic carbocycles. The number of benzene rings is 2. The first-order valence-electron chi connectivity index (χ1n) is 13.8. The van der Waals surface area contributed by atoms with E-state index in [2.05, 4.69) is 15.6 Å². The van der Waals surface area contributed by atoms with Crippen molar-refractivity contribution < 1.29 is 28.6 Å². The molecule has 2 N–H and O–H groups in total. The van der Waals surface area contributed by atoms with Gasteiger partial charge in [-0.05, 0) is 63.2 Å². The number of methoxy groups -OCH3 is 1. The molecule has 0 saturated carbocycles. The van der Waals surface area contributed by atoms with E-state index in [0.717, 1.165) is 0 Å². The van der Waals surface area contributed by atoms with E-state index in [-0.39, 0.29) is 13.1 Å². The minimum atomic E-state index is -0.643. The van der Waals surface area contributed by atoms with Crippen LogP contribution in [0.3, 0.4) is 0 Å². The molecule has 2 aliphatic rings. The molecule has 222 valence electrons. The van der Waals surface area contributed by atoms with Crippen LogP contribution >= 0.6 is 11.3 Å². The second-order valence-corrected chi connectivity index (χ2v) is 12.2. The predicted molar refractivity (Wildman–Crippen MR) is 164 cm³/mol. The highest BCUT2D eigenvalue weighted by Crippen LogP contribution is 2.46. The lowest BCUT2D eigenvalue weighted by atomic mass is 10.1. The minimum absolute atomic E-state index is 0.229. The maximum absolute atomic E-state index is 13.6. The van der Waals surface area contributed by atoms with E-state index >= 15 is 0 Å². The van der Waals surface area contributed by atoms with E-state index in [1.807, 2.05) is 30.3 Å². The summed E-state index contributed by atoms with van der Waals surface area (Å²) in [5, 5.41) is 6.58. The fourth-order valence-corrected chi connectivity index (χ4v) is 6.17. The summed E-state index contributed by atoms with van der Waals surface area (Å²) in [6, 6.07) is 17.5. The van der Waals surface area contributed by atoms with Crippen molar-refractivity contribution >= 4 is 56.6 Å². The number of nitrogens with zero attached hydrogens (tertiary/aromatic N) is 3. The number of thiophene rings is 1. The zero-order valence-corrected chi connectivity index (χ0v) is 24.9. The van der Waals surface area contributed by atoms with E-state index in [0.29, 0.717) is 43.7 Å². The number of likely N-dealkylation sites (tertiary alicyclic amines) is 1. The highest BCUT2D eigenvalue weighted by atomic mass is 32.1. The molecule has 4 amide bonds. The molecule has 1 fully saturated rings. The number of amides is 4. The lowest BCUT2D eigenvalue weighted by Gasteiger charge is -2.28. The zero-order chi connectivity index (χ0) is 30.3. The second kappa shape index (κ2) is 11.2. The molecular formula is C31H31N5O6S. The van der Waals surface area contributed by atoms with Gasteiger partial charge in [0.25, 0.3) is 5.91 Å². The number of ether oxygens (including phenoxy) is 3. The smallest absolute Gasteiger partial charge is 0.410 e. The largest absolute Gasteiger partial charge is 0.457 e. The third-order valence-electron chi connectivity index (χ3n) is 7.06. The van der Waals surface area contributed by atoms with Crippen molar-refractivity contribution in [3.63, 3.8) is 0 Å². The van der Waals surface area contributed by atoms with E-state index in [1.165, 1.54) is 23.3 Å². The molecule has 2 aliphatic heterocycles. The summed E-state index contributed by atoms with van der Waals surface area (Å²) >= 11 is 1.19. The Balaban J connectivity index is 1.24. The Hall–Kier alpha value is -4.68. The van der Waals surface area contributed by atoms with E-state index in [9.17, 15) is 14.4 Å². The number of aromatic nitrogens is 1. The SMILES string of the molecule is CO[C@H]1CN(C(=O)OC(C)(C)C)C[C@@H]1NC(=O)c1sc2nccc3c2c1NC(=O)N3c1ccc(Oc2ccccc2)cc1. The van der Waals surface area contributed by atoms with E-state index in [1.54, 1.807) is 62.2 Å². The fourth-order valence-electron chi connectivity index (χ4n) is 5.15. The molecule has 0 spiro atoms. The van der Waals surface area contributed by atoms with Gasteiger partial charge in [-0.2, -0.15) is 0 Å². The van der Waals surface area contributed by atoms with Crippen LogP contribution in [0.25, 0.3) is 10.2 Å². The Kier molecular flexibility index (Phi) is 7.40. The summed E-state index contributed by atoms with van der Waals surface area (Å²) in [7, 11) is 1.54. The Morgan fingerprint density at radius 1 is 1.02 bits per heavy atom. The standard InChI is InChI=1S/C31H31N5O6S/c1-31(2,3)42-30(39)35-16-21(23(17-35)40-4)33-27(37)26-25-24-22(14-15-32-28(24)43-26)36(29(38)34-25)18-10-12-20(13-11-18)41-19-8-6-5-7-9-19/h5-15,21,23H,16-17H2,1-4H3,(H,33,37)(H,34,38)/t21-,23-/m0/s1. The molecule has 1 saturated heterocycles. The highest BCUT2D eigenvalue weighted by Gasteiger charge is 2.40. The van der Waals surface area contributed by atoms with Crippen molar-refractivity contribution in [3.8, 4) is 11.5 Å². The van der Waals surface area contributed by atoms with Crippen LogP contribution in [-0.2, 0) is 9.47 Å². The van der Waals surface area contributed by atoms with Crippen molar-refractivity contribution in [1.82, 2.24) is 15.2 Å². The quantitative estimate of drug-likeness (QED) is 0.272. The van der Waals surface area contributed by atoms with Gasteiger partial charge in [0.2, 0.25) is 0 Å². The summed E-state index contributed by atoms with van der Waals surface area (Å²) < 4.78 is 17.0. The molecule has 43 heavy (non-hydrogen) atoms. The van der Waals surface area contributed by atoms with Crippen molar-refractivity contribution in [2.45, 2.75) is 38.5 Å². The number of urea groups is 1. The maximum atomic E-state index is 13.6. The Labute approximate surface area is 252 Å². The average Bonchev–Trinajstić information content (AvgIpc) is 3.56. The summed E-state index contributed by atoms with van der Waals surface area (Å²) in [5.74, 6) is 0.953.